The van der Waals surface area contributed by atoms with Gasteiger partial charge in [0.2, 0.25) is 5.95 Å². The predicted molar refractivity (Wildman–Crippen MR) is 120 cm³/mol. The molecule has 0 aliphatic rings. The van der Waals surface area contributed by atoms with E-state index < -0.39 is 0 Å². The second-order valence-electron chi connectivity index (χ2n) is 7.34. The first-order valence-electron chi connectivity index (χ1n) is 9.66. The van der Waals surface area contributed by atoms with Gasteiger partial charge in [-0.3, -0.25) is 0 Å². The first kappa shape index (κ1) is 21.2. The summed E-state index contributed by atoms with van der Waals surface area (Å²) in [6.07, 6.45) is 1.84. The second kappa shape index (κ2) is 9.78. The summed E-state index contributed by atoms with van der Waals surface area (Å²) in [7, 11) is 4.06. The minimum atomic E-state index is -0.0398. The van der Waals surface area contributed by atoms with Crippen LogP contribution in [-0.4, -0.2) is 58.2 Å². The highest BCUT2D eigenvalue weighted by Gasteiger charge is 2.13. The van der Waals surface area contributed by atoms with Gasteiger partial charge in [-0.25, -0.2) is 15.0 Å². The fourth-order valence-corrected chi connectivity index (χ4v) is 3.72. The molecule has 0 fully saturated rings. The molecule has 8 heteroatoms. The van der Waals surface area contributed by atoms with Crippen molar-refractivity contribution in [1.82, 2.24) is 19.9 Å². The third-order valence-electron chi connectivity index (χ3n) is 4.20. The van der Waals surface area contributed by atoms with Gasteiger partial charge < -0.3 is 20.6 Å². The second-order valence-corrected chi connectivity index (χ2v) is 8.37. The molecule has 0 spiro atoms. The lowest BCUT2D eigenvalue weighted by Gasteiger charge is -2.13. The number of nitrogens with one attached hydrogen (secondary N) is 2. The Hall–Kier alpha value is -2.55. The molecule has 0 aliphatic heterocycles. The molecule has 7 nitrogen and oxygen atoms in total. The van der Waals surface area contributed by atoms with E-state index in [0.29, 0.717) is 12.0 Å². The first-order valence-corrected chi connectivity index (χ1v) is 10.5. The van der Waals surface area contributed by atoms with E-state index >= 15 is 0 Å². The van der Waals surface area contributed by atoms with Crippen LogP contribution in [0.1, 0.15) is 19.4 Å². The Kier molecular flexibility index (Phi) is 7.13. The number of anilines is 2. The van der Waals surface area contributed by atoms with E-state index in [9.17, 15) is 5.11 Å². The van der Waals surface area contributed by atoms with Crippen LogP contribution >= 0.6 is 11.3 Å². The Labute approximate surface area is 175 Å². The molecule has 2 heterocycles. The molecule has 154 valence electrons. The molecule has 2 aromatic heterocycles. The van der Waals surface area contributed by atoms with Crippen LogP contribution in [0.5, 0.6) is 0 Å². The lowest BCUT2D eigenvalue weighted by molar-refractivity contribution is 0.282. The van der Waals surface area contributed by atoms with Crippen LogP contribution in [-0.2, 0) is 6.61 Å². The van der Waals surface area contributed by atoms with Crippen molar-refractivity contribution < 1.29 is 5.11 Å². The Morgan fingerprint density at radius 1 is 1.14 bits per heavy atom. The summed E-state index contributed by atoms with van der Waals surface area (Å²) in [6, 6.07) is 10.0. The zero-order chi connectivity index (χ0) is 20.8. The highest BCUT2D eigenvalue weighted by molar-refractivity contribution is 7.18. The van der Waals surface area contributed by atoms with Crippen molar-refractivity contribution in [3.05, 3.63) is 42.1 Å². The number of nitrogens with zero attached hydrogens (tertiary/aromatic N) is 4. The number of rotatable bonds is 9. The van der Waals surface area contributed by atoms with Crippen molar-refractivity contribution in [2.24, 2.45) is 0 Å². The zero-order valence-electron chi connectivity index (χ0n) is 17.3. The number of aromatic nitrogens is 3. The van der Waals surface area contributed by atoms with Gasteiger partial charge in [0.05, 0.1) is 22.9 Å². The van der Waals surface area contributed by atoms with Gasteiger partial charge in [0.15, 0.2) is 5.13 Å². The number of hydrogen-bond donors (Lipinski definition) is 3. The smallest absolute Gasteiger partial charge is 0.223 e. The number of hydrogen-bond acceptors (Lipinski definition) is 8. The Balaban J connectivity index is 1.99. The number of aliphatic hydroxyl groups is 1. The third kappa shape index (κ3) is 5.72. The van der Waals surface area contributed by atoms with Crippen LogP contribution in [0.25, 0.3) is 21.8 Å². The molecule has 0 bridgehead atoms. The zero-order valence-corrected chi connectivity index (χ0v) is 18.1. The number of likely N-dealkylation sites (N-methyl/N-ethyl adjacent to an activating group) is 1. The normalized spacial score (nSPS) is 11.3. The fraction of sp³-hybridized carbons (Fsp3) is 0.381. The molecule has 3 rings (SSSR count). The Morgan fingerprint density at radius 3 is 2.62 bits per heavy atom. The molecule has 29 heavy (non-hydrogen) atoms. The highest BCUT2D eigenvalue weighted by atomic mass is 32.1. The maximum absolute atomic E-state index is 9.74. The molecule has 0 radical (unpaired) electrons. The summed E-state index contributed by atoms with van der Waals surface area (Å²) in [6.45, 7) is 5.74. The molecule has 1 aromatic carbocycles. The van der Waals surface area contributed by atoms with Gasteiger partial charge in [-0.2, -0.15) is 0 Å². The van der Waals surface area contributed by atoms with Crippen molar-refractivity contribution in [2.45, 2.75) is 26.5 Å². The lowest BCUT2D eigenvalue weighted by Crippen LogP contribution is -2.21. The summed E-state index contributed by atoms with van der Waals surface area (Å²) in [5.41, 5.74) is 3.32. The van der Waals surface area contributed by atoms with E-state index in [4.69, 9.17) is 9.97 Å². The molecule has 0 amide bonds. The Morgan fingerprint density at radius 2 is 1.90 bits per heavy atom. The van der Waals surface area contributed by atoms with Crippen molar-refractivity contribution >= 4 is 22.4 Å². The maximum Gasteiger partial charge on any atom is 0.223 e. The van der Waals surface area contributed by atoms with E-state index in [0.717, 1.165) is 45.6 Å². The van der Waals surface area contributed by atoms with Crippen LogP contribution < -0.4 is 10.6 Å². The predicted octanol–water partition coefficient (Wildman–Crippen LogP) is 3.55. The fourth-order valence-electron chi connectivity index (χ4n) is 2.80. The van der Waals surface area contributed by atoms with Crippen LogP contribution in [0, 0.1) is 0 Å². The summed E-state index contributed by atoms with van der Waals surface area (Å²) in [4.78, 5) is 17.0. The van der Waals surface area contributed by atoms with E-state index in [1.165, 1.54) is 0 Å². The van der Waals surface area contributed by atoms with Gasteiger partial charge in [-0.1, -0.05) is 35.6 Å². The molecule has 0 unspecified atom stereocenters. The monoisotopic (exact) mass is 412 g/mol. The minimum Gasteiger partial charge on any atom is -0.392 e. The molecular weight excluding hydrogens is 384 g/mol. The summed E-state index contributed by atoms with van der Waals surface area (Å²) < 4.78 is 0. The molecule has 0 saturated heterocycles. The molecule has 0 saturated carbocycles. The minimum absolute atomic E-state index is 0.0398. The third-order valence-corrected chi connectivity index (χ3v) is 5.15. The van der Waals surface area contributed by atoms with E-state index in [-0.39, 0.29) is 6.61 Å². The quantitative estimate of drug-likeness (QED) is 0.495. The maximum atomic E-state index is 9.74. The standard InChI is InChI=1S/C21H28N6OS/c1-14(2)24-21-23-12-19(29-21)18-11-17(16-8-6-5-7-15(16)13-28)25-20(26-18)22-9-10-27(3)4/h5-8,11-12,14,28H,9-10,13H2,1-4H3,(H,23,24)(H,22,25,26). The van der Waals surface area contributed by atoms with Gasteiger partial charge in [0.1, 0.15) is 0 Å². The van der Waals surface area contributed by atoms with Crippen molar-refractivity contribution in [3.8, 4) is 21.8 Å². The molecule has 0 atom stereocenters. The largest absolute Gasteiger partial charge is 0.392 e. The van der Waals surface area contributed by atoms with Crippen LogP contribution in [0.4, 0.5) is 11.1 Å². The topological polar surface area (TPSA) is 86.2 Å². The number of aliphatic hydroxyl groups excluding tert-OH is 1. The summed E-state index contributed by atoms with van der Waals surface area (Å²) in [5.74, 6) is 0.568. The highest BCUT2D eigenvalue weighted by Crippen LogP contribution is 2.32. The van der Waals surface area contributed by atoms with E-state index in [2.05, 4.69) is 34.4 Å². The van der Waals surface area contributed by atoms with Gasteiger partial charge in [0, 0.05) is 30.9 Å². The molecule has 3 aromatic rings. The van der Waals surface area contributed by atoms with Gasteiger partial charge in [0.25, 0.3) is 0 Å². The Bertz CT molecular complexity index is 940. The van der Waals surface area contributed by atoms with Crippen LogP contribution in [0.2, 0.25) is 0 Å². The van der Waals surface area contributed by atoms with Crippen molar-refractivity contribution in [1.29, 1.82) is 0 Å². The van der Waals surface area contributed by atoms with Crippen molar-refractivity contribution in [2.75, 3.05) is 37.8 Å². The van der Waals surface area contributed by atoms with Crippen molar-refractivity contribution in [3.63, 3.8) is 0 Å². The average Bonchev–Trinajstić information content (AvgIpc) is 3.15. The molecule has 0 aliphatic carbocycles. The lowest BCUT2D eigenvalue weighted by atomic mass is 10.0. The molecule has 3 N–H and O–H groups in total. The number of benzene rings is 1. The van der Waals surface area contributed by atoms with Gasteiger partial charge >= 0.3 is 0 Å². The van der Waals surface area contributed by atoms with E-state index in [1.807, 2.05) is 50.6 Å². The molecular formula is C21H28N6OS. The van der Waals surface area contributed by atoms with Gasteiger partial charge in [-0.15, -0.1) is 0 Å². The number of thiazole rings is 1. The summed E-state index contributed by atoms with van der Waals surface area (Å²) in [5, 5.41) is 17.3. The van der Waals surface area contributed by atoms with Crippen LogP contribution in [0.15, 0.2) is 36.5 Å². The van der Waals surface area contributed by atoms with Gasteiger partial charge in [-0.05, 0) is 39.6 Å². The average molecular weight is 413 g/mol. The van der Waals surface area contributed by atoms with E-state index in [1.54, 1.807) is 11.3 Å². The van der Waals surface area contributed by atoms with Crippen LogP contribution in [0.3, 0.4) is 0 Å². The summed E-state index contributed by atoms with van der Waals surface area (Å²) >= 11 is 1.57. The SMILES string of the molecule is CC(C)Nc1ncc(-c2cc(-c3ccccc3CO)nc(NCCN(C)C)n2)s1. The first-order chi connectivity index (χ1) is 14.0.